The zero-order chi connectivity index (χ0) is 22.7. The lowest BCUT2D eigenvalue weighted by Gasteiger charge is -2.32. The topological polar surface area (TPSA) is 130 Å². The van der Waals surface area contributed by atoms with Gasteiger partial charge in [0.2, 0.25) is 17.8 Å². The summed E-state index contributed by atoms with van der Waals surface area (Å²) in [4.78, 5) is 22.6. The smallest absolute Gasteiger partial charge is 0.266 e. The van der Waals surface area contributed by atoms with Gasteiger partial charge in [0.05, 0.1) is 31.6 Å². The first kappa shape index (κ1) is 21.7. The molecule has 1 aliphatic rings. The summed E-state index contributed by atoms with van der Waals surface area (Å²) in [7, 11) is 0. The first-order valence-corrected chi connectivity index (χ1v) is 9.81. The van der Waals surface area contributed by atoms with Crippen LogP contribution in [0.1, 0.15) is 24.5 Å². The number of halogens is 3. The van der Waals surface area contributed by atoms with Crippen LogP contribution in [0.5, 0.6) is 0 Å². The van der Waals surface area contributed by atoms with Gasteiger partial charge in [-0.2, -0.15) is 20.1 Å². The van der Waals surface area contributed by atoms with Crippen molar-refractivity contribution in [2.75, 3.05) is 35.2 Å². The fraction of sp³-hybridized carbons (Fsp3) is 0.444. The summed E-state index contributed by atoms with van der Waals surface area (Å²) in [5, 5.41) is 12.9. The van der Waals surface area contributed by atoms with Crippen molar-refractivity contribution in [3.05, 3.63) is 35.8 Å². The second-order valence-corrected chi connectivity index (χ2v) is 7.16. The van der Waals surface area contributed by atoms with E-state index in [0.717, 1.165) is 18.1 Å². The molecule has 2 atom stereocenters. The molecule has 1 aliphatic heterocycles. The highest BCUT2D eigenvalue weighted by Gasteiger charge is 2.30. The molecule has 32 heavy (non-hydrogen) atoms. The number of H-pyrrole nitrogens is 1. The molecule has 14 heteroatoms. The highest BCUT2D eigenvalue weighted by molar-refractivity contribution is 5.52. The third kappa shape index (κ3) is 5.19. The maximum atomic E-state index is 13.2. The van der Waals surface area contributed by atoms with Crippen molar-refractivity contribution < 1.29 is 17.9 Å². The number of ether oxygens (including phenoxy) is 1. The predicted octanol–water partition coefficient (Wildman–Crippen LogP) is 2.22. The molecule has 170 valence electrons. The van der Waals surface area contributed by atoms with Gasteiger partial charge in [-0.1, -0.05) is 0 Å². The minimum absolute atomic E-state index is 0.0707. The van der Waals surface area contributed by atoms with Crippen LogP contribution in [0.3, 0.4) is 0 Å². The molecule has 11 nitrogen and oxygen atoms in total. The zero-order valence-electron chi connectivity index (χ0n) is 17.3. The molecule has 0 radical (unpaired) electrons. The fourth-order valence-corrected chi connectivity index (χ4v) is 3.04. The second kappa shape index (κ2) is 9.30. The fourth-order valence-electron chi connectivity index (χ4n) is 3.04. The molecule has 4 heterocycles. The first-order chi connectivity index (χ1) is 15.4. The van der Waals surface area contributed by atoms with E-state index >= 15 is 0 Å². The van der Waals surface area contributed by atoms with Gasteiger partial charge in [-0.25, -0.2) is 23.1 Å². The van der Waals surface area contributed by atoms with Crippen LogP contribution in [-0.4, -0.2) is 67.3 Å². The number of anilines is 4. The van der Waals surface area contributed by atoms with E-state index in [-0.39, 0.29) is 31.0 Å². The second-order valence-electron chi connectivity index (χ2n) is 7.16. The van der Waals surface area contributed by atoms with Crippen LogP contribution in [0.25, 0.3) is 0 Å². The van der Waals surface area contributed by atoms with Crippen LogP contribution in [0.15, 0.2) is 18.5 Å². The summed E-state index contributed by atoms with van der Waals surface area (Å²) < 4.78 is 44.6. The molecule has 3 N–H and O–H groups in total. The van der Waals surface area contributed by atoms with Crippen molar-refractivity contribution in [1.29, 1.82) is 0 Å². The van der Waals surface area contributed by atoms with E-state index in [1.165, 1.54) is 0 Å². The Morgan fingerprint density at radius 2 is 1.94 bits per heavy atom. The lowest BCUT2D eigenvalue weighted by molar-refractivity contribution is -0.0617. The lowest BCUT2D eigenvalue weighted by atomic mass is 10.3. The molecule has 0 bridgehead atoms. The SMILES string of the molecule is Cc1cc(Nc2nc(N[C@@H](C)c3ncc(F)cn3)nc(N3CCOC(C(F)F)C3)n2)n[nH]1. The van der Waals surface area contributed by atoms with Gasteiger partial charge in [-0.15, -0.1) is 0 Å². The van der Waals surface area contributed by atoms with Crippen LogP contribution < -0.4 is 15.5 Å². The van der Waals surface area contributed by atoms with Crippen LogP contribution >= 0.6 is 0 Å². The highest BCUT2D eigenvalue weighted by atomic mass is 19.3. The Hall–Kier alpha value is -3.55. The van der Waals surface area contributed by atoms with Gasteiger partial charge in [0.15, 0.2) is 11.6 Å². The van der Waals surface area contributed by atoms with Crippen molar-refractivity contribution in [2.45, 2.75) is 32.4 Å². The van der Waals surface area contributed by atoms with Crippen LogP contribution in [-0.2, 0) is 4.74 Å². The van der Waals surface area contributed by atoms with E-state index in [2.05, 4.69) is 45.8 Å². The zero-order valence-corrected chi connectivity index (χ0v) is 17.3. The van der Waals surface area contributed by atoms with E-state index in [1.54, 1.807) is 17.9 Å². The Morgan fingerprint density at radius 1 is 1.19 bits per heavy atom. The highest BCUT2D eigenvalue weighted by Crippen LogP contribution is 2.22. The van der Waals surface area contributed by atoms with Crippen molar-refractivity contribution in [1.82, 2.24) is 35.1 Å². The maximum absolute atomic E-state index is 13.2. The van der Waals surface area contributed by atoms with E-state index < -0.39 is 24.4 Å². The maximum Gasteiger partial charge on any atom is 0.266 e. The molecule has 0 amide bonds. The Balaban J connectivity index is 1.61. The van der Waals surface area contributed by atoms with Crippen LogP contribution in [0.4, 0.5) is 36.8 Å². The van der Waals surface area contributed by atoms with Gasteiger partial charge in [0, 0.05) is 18.3 Å². The minimum Gasteiger partial charge on any atom is -0.369 e. The third-order valence-corrected chi connectivity index (χ3v) is 4.60. The number of aromatic amines is 1. The van der Waals surface area contributed by atoms with Gasteiger partial charge >= 0.3 is 0 Å². The summed E-state index contributed by atoms with van der Waals surface area (Å²) >= 11 is 0. The molecule has 1 unspecified atom stereocenters. The number of rotatable bonds is 7. The third-order valence-electron chi connectivity index (χ3n) is 4.60. The number of nitrogens with one attached hydrogen (secondary N) is 3. The minimum atomic E-state index is -2.63. The quantitative estimate of drug-likeness (QED) is 0.493. The largest absolute Gasteiger partial charge is 0.369 e. The lowest BCUT2D eigenvalue weighted by Crippen LogP contribution is -2.46. The van der Waals surface area contributed by atoms with Crippen LogP contribution in [0, 0.1) is 12.7 Å². The number of nitrogens with zero attached hydrogens (tertiary/aromatic N) is 7. The Labute approximate surface area is 180 Å². The molecular formula is C18H21F3N10O. The average Bonchev–Trinajstić information content (AvgIpc) is 3.18. The van der Waals surface area contributed by atoms with Gasteiger partial charge in [-0.05, 0) is 13.8 Å². The van der Waals surface area contributed by atoms with Crippen molar-refractivity contribution in [3.63, 3.8) is 0 Å². The number of aryl methyl sites for hydroxylation is 1. The molecule has 0 saturated carbocycles. The molecule has 4 rings (SSSR count). The molecule has 0 spiro atoms. The van der Waals surface area contributed by atoms with E-state index in [9.17, 15) is 13.2 Å². The van der Waals surface area contributed by atoms with Crippen molar-refractivity contribution >= 4 is 23.7 Å². The number of morpholine rings is 1. The molecule has 1 fully saturated rings. The average molecular weight is 450 g/mol. The van der Waals surface area contributed by atoms with Gasteiger partial charge < -0.3 is 20.3 Å². The Morgan fingerprint density at radius 3 is 2.62 bits per heavy atom. The number of hydrogen-bond donors (Lipinski definition) is 3. The summed E-state index contributed by atoms with van der Waals surface area (Å²) in [6, 6.07) is 1.29. The number of hydrogen-bond acceptors (Lipinski definition) is 10. The number of alkyl halides is 2. The summed E-state index contributed by atoms with van der Waals surface area (Å²) in [5.74, 6) is 0.771. The number of aromatic nitrogens is 7. The van der Waals surface area contributed by atoms with Crippen LogP contribution in [0.2, 0.25) is 0 Å². The first-order valence-electron chi connectivity index (χ1n) is 9.81. The summed E-state index contributed by atoms with van der Waals surface area (Å²) in [6.45, 7) is 3.97. The van der Waals surface area contributed by atoms with Gasteiger partial charge in [0.1, 0.15) is 11.9 Å². The Kier molecular flexibility index (Phi) is 6.30. The molecule has 3 aromatic heterocycles. The molecule has 0 aliphatic carbocycles. The van der Waals surface area contributed by atoms with E-state index in [0.29, 0.717) is 18.2 Å². The summed E-state index contributed by atoms with van der Waals surface area (Å²) in [5.41, 5.74) is 0.829. The molecular weight excluding hydrogens is 429 g/mol. The van der Waals surface area contributed by atoms with E-state index in [4.69, 9.17) is 4.74 Å². The normalized spacial score (nSPS) is 17.4. The monoisotopic (exact) mass is 450 g/mol. The van der Waals surface area contributed by atoms with E-state index in [1.807, 2.05) is 6.92 Å². The molecule has 1 saturated heterocycles. The van der Waals surface area contributed by atoms with Crippen molar-refractivity contribution in [3.8, 4) is 0 Å². The standard InChI is InChI=1S/C18H21F3N10O/c1-9-5-13(30-29-9)25-17-26-16(24-10(2)15-22-6-11(19)7-23-15)27-18(28-17)31-3-4-32-12(8-31)14(20)21/h5-7,10,12,14H,3-4,8H2,1-2H3,(H3,24,25,26,27,28,29,30)/t10-,12?/m0/s1. The predicted molar refractivity (Wildman–Crippen MR) is 108 cm³/mol. The van der Waals surface area contributed by atoms with Crippen molar-refractivity contribution in [2.24, 2.45) is 0 Å². The molecule has 0 aromatic carbocycles. The van der Waals surface area contributed by atoms with Gasteiger partial charge in [0.25, 0.3) is 6.43 Å². The summed E-state index contributed by atoms with van der Waals surface area (Å²) in [6.07, 6.45) is -1.75. The van der Waals surface area contributed by atoms with Gasteiger partial charge in [-0.3, -0.25) is 5.10 Å². The Bertz CT molecular complexity index is 1050. The molecule has 3 aromatic rings.